The van der Waals surface area contributed by atoms with Crippen molar-refractivity contribution < 1.29 is 9.53 Å². The molecule has 1 aliphatic carbocycles. The molecule has 0 aromatic rings. The van der Waals surface area contributed by atoms with Crippen molar-refractivity contribution in [1.82, 2.24) is 9.80 Å². The van der Waals surface area contributed by atoms with Crippen LogP contribution < -0.4 is 0 Å². The highest BCUT2D eigenvalue weighted by atomic mass is 16.5. The largest absolute Gasteiger partial charge is 0.438 e. The summed E-state index contributed by atoms with van der Waals surface area (Å²) in [4.78, 5) is 15.4. The van der Waals surface area contributed by atoms with Gasteiger partial charge >= 0.3 is 0 Å². The highest BCUT2D eigenvalue weighted by Crippen LogP contribution is 2.32. The molecule has 23 heavy (non-hydrogen) atoms. The second kappa shape index (κ2) is 7.03. The number of allylic oxidation sites excluding steroid dienone is 3. The summed E-state index contributed by atoms with van der Waals surface area (Å²) in [7, 11) is 0. The molecular formula is C19H26N2O2. The van der Waals surface area contributed by atoms with Gasteiger partial charge in [0.1, 0.15) is 0 Å². The predicted molar refractivity (Wildman–Crippen MR) is 93.1 cm³/mol. The number of hydrogen-bond donors (Lipinski definition) is 0. The summed E-state index contributed by atoms with van der Waals surface area (Å²) in [5.74, 6) is 2.97. The van der Waals surface area contributed by atoms with Crippen LogP contribution in [-0.4, -0.2) is 40.9 Å². The van der Waals surface area contributed by atoms with Gasteiger partial charge in [0.2, 0.25) is 0 Å². The van der Waals surface area contributed by atoms with Gasteiger partial charge in [-0.05, 0) is 51.6 Å². The summed E-state index contributed by atoms with van der Waals surface area (Å²) in [6.07, 6.45) is 9.34. The molecule has 0 N–H and O–H groups in total. The first-order valence-electron chi connectivity index (χ1n) is 8.25. The van der Waals surface area contributed by atoms with E-state index in [-0.39, 0.29) is 5.54 Å². The van der Waals surface area contributed by atoms with Crippen LogP contribution in [0.2, 0.25) is 0 Å². The number of ether oxygens (including phenoxy) is 1. The molecule has 1 atom stereocenters. The van der Waals surface area contributed by atoms with Crippen LogP contribution in [0.3, 0.4) is 0 Å². The van der Waals surface area contributed by atoms with Gasteiger partial charge in [0.25, 0.3) is 0 Å². The fourth-order valence-electron chi connectivity index (χ4n) is 3.20. The van der Waals surface area contributed by atoms with Crippen molar-refractivity contribution in [3.63, 3.8) is 0 Å². The van der Waals surface area contributed by atoms with Crippen LogP contribution in [0.15, 0.2) is 53.8 Å². The van der Waals surface area contributed by atoms with E-state index in [4.69, 9.17) is 4.74 Å². The van der Waals surface area contributed by atoms with Gasteiger partial charge in [0, 0.05) is 12.1 Å². The molecule has 1 fully saturated rings. The second-order valence-corrected chi connectivity index (χ2v) is 5.97. The van der Waals surface area contributed by atoms with E-state index in [9.17, 15) is 4.79 Å². The van der Waals surface area contributed by atoms with Crippen molar-refractivity contribution >= 4 is 5.94 Å². The average Bonchev–Trinajstić information content (AvgIpc) is 2.85. The summed E-state index contributed by atoms with van der Waals surface area (Å²) in [6.45, 7) is 15.1. The minimum absolute atomic E-state index is 0.0461. The Morgan fingerprint density at radius 2 is 2.13 bits per heavy atom. The number of rotatable bonds is 5. The number of hydrogen-bond acceptors (Lipinski definition) is 4. The Kier molecular flexibility index (Phi) is 5.30. The lowest BCUT2D eigenvalue weighted by Gasteiger charge is -2.39. The van der Waals surface area contributed by atoms with Crippen molar-refractivity contribution in [1.29, 1.82) is 0 Å². The Morgan fingerprint density at radius 3 is 2.61 bits per heavy atom. The normalized spacial score (nSPS) is 25.9. The lowest BCUT2D eigenvalue weighted by atomic mass is 9.88. The molecular weight excluding hydrogens is 288 g/mol. The van der Waals surface area contributed by atoms with Gasteiger partial charge < -0.3 is 9.64 Å². The van der Waals surface area contributed by atoms with Gasteiger partial charge in [-0.15, -0.1) is 0 Å². The molecule has 1 aliphatic heterocycles. The predicted octanol–water partition coefficient (Wildman–Crippen LogP) is 3.40. The fourth-order valence-corrected chi connectivity index (χ4v) is 3.20. The summed E-state index contributed by atoms with van der Waals surface area (Å²) in [5, 5.41) is 0. The molecule has 1 unspecified atom stereocenters. The number of nitrogens with zero attached hydrogens (tertiary/aromatic N) is 2. The van der Waals surface area contributed by atoms with E-state index in [2.05, 4.69) is 50.5 Å². The van der Waals surface area contributed by atoms with Crippen LogP contribution in [0.5, 0.6) is 0 Å². The smallest absolute Gasteiger partial charge is 0.193 e. The molecule has 4 heteroatoms. The second-order valence-electron chi connectivity index (χ2n) is 5.97. The van der Waals surface area contributed by atoms with Crippen molar-refractivity contribution in [2.24, 2.45) is 0 Å². The van der Waals surface area contributed by atoms with Gasteiger partial charge in [-0.2, -0.15) is 0 Å². The summed E-state index contributed by atoms with van der Waals surface area (Å²) in [6, 6.07) is 0. The van der Waals surface area contributed by atoms with Crippen molar-refractivity contribution in [3.05, 3.63) is 53.8 Å². The van der Waals surface area contributed by atoms with Gasteiger partial charge in [-0.25, -0.2) is 4.79 Å². The molecule has 2 rings (SSSR count). The molecule has 0 aromatic carbocycles. The zero-order valence-electron chi connectivity index (χ0n) is 14.6. The number of likely N-dealkylation sites (N-methyl/N-ethyl adjacent to an activating group) is 2. The molecule has 4 nitrogen and oxygen atoms in total. The maximum Gasteiger partial charge on any atom is 0.193 e. The third-order valence-corrected chi connectivity index (χ3v) is 4.61. The Labute approximate surface area is 139 Å². The summed E-state index contributed by atoms with van der Waals surface area (Å²) >= 11 is 0. The minimum atomic E-state index is 0.0461. The number of carbonyl (C=O) groups excluding carboxylic acids is 1. The molecule has 0 saturated carbocycles. The van der Waals surface area contributed by atoms with Crippen molar-refractivity contribution in [2.75, 3.05) is 19.6 Å². The molecule has 0 spiro atoms. The van der Waals surface area contributed by atoms with Crippen LogP contribution in [0, 0.1) is 0 Å². The molecule has 0 amide bonds. The standard InChI is InChI=1S/C19H26N2O2/c1-6-20(7-2)19(5)11-9-16(10-12-19)13-18-17(14-22)21(8-3)15(4)23-18/h9-11,13H,4,6-8,12H2,1-3,5H3/b18-13+. The summed E-state index contributed by atoms with van der Waals surface area (Å²) in [5.41, 5.74) is 1.51. The lowest BCUT2D eigenvalue weighted by molar-refractivity contribution is 0.163. The minimum Gasteiger partial charge on any atom is -0.438 e. The first kappa shape index (κ1) is 17.3. The summed E-state index contributed by atoms with van der Waals surface area (Å²) < 4.78 is 5.62. The molecule has 124 valence electrons. The first-order chi connectivity index (χ1) is 11.0. The zero-order chi connectivity index (χ0) is 17.0. The van der Waals surface area contributed by atoms with E-state index in [1.54, 1.807) is 4.90 Å². The highest BCUT2D eigenvalue weighted by Gasteiger charge is 2.30. The molecule has 0 bridgehead atoms. The van der Waals surface area contributed by atoms with Crippen molar-refractivity contribution in [2.45, 2.75) is 39.7 Å². The lowest BCUT2D eigenvalue weighted by Crippen LogP contribution is -2.45. The maximum atomic E-state index is 11.2. The monoisotopic (exact) mass is 314 g/mol. The molecule has 0 aromatic heterocycles. The van der Waals surface area contributed by atoms with E-state index in [1.807, 2.05) is 18.9 Å². The van der Waals surface area contributed by atoms with E-state index in [1.165, 1.54) is 0 Å². The molecule has 1 heterocycles. The molecule has 2 aliphatic rings. The van der Waals surface area contributed by atoms with Gasteiger partial charge in [0.05, 0.1) is 0 Å². The Hall–Kier alpha value is -2.03. The van der Waals surface area contributed by atoms with E-state index in [0.717, 1.165) is 25.1 Å². The van der Waals surface area contributed by atoms with Gasteiger partial charge in [0.15, 0.2) is 23.3 Å². The van der Waals surface area contributed by atoms with Crippen LogP contribution >= 0.6 is 0 Å². The first-order valence-corrected chi connectivity index (χ1v) is 8.25. The van der Waals surface area contributed by atoms with E-state index in [0.29, 0.717) is 23.9 Å². The third kappa shape index (κ3) is 3.34. The zero-order valence-corrected chi connectivity index (χ0v) is 14.6. The molecule has 0 radical (unpaired) electrons. The topological polar surface area (TPSA) is 32.8 Å². The highest BCUT2D eigenvalue weighted by molar-refractivity contribution is 5.62. The Bertz CT molecular complexity index is 619. The maximum absolute atomic E-state index is 11.2. The van der Waals surface area contributed by atoms with Crippen LogP contribution in [-0.2, 0) is 9.53 Å². The quantitative estimate of drug-likeness (QED) is 0.728. The molecule has 1 saturated heterocycles. The third-order valence-electron chi connectivity index (χ3n) is 4.61. The van der Waals surface area contributed by atoms with Crippen molar-refractivity contribution in [3.8, 4) is 0 Å². The van der Waals surface area contributed by atoms with Gasteiger partial charge in [-0.3, -0.25) is 4.90 Å². The van der Waals surface area contributed by atoms with E-state index < -0.39 is 0 Å². The fraction of sp³-hybridized carbons (Fsp3) is 0.474. The van der Waals surface area contributed by atoms with E-state index >= 15 is 0 Å². The SMILES string of the molecule is C=C1O/C(=C/C2=CCC(C)(N(CC)CC)C=C2)C(=C=O)N1CC. The van der Waals surface area contributed by atoms with Crippen LogP contribution in [0.25, 0.3) is 0 Å². The van der Waals surface area contributed by atoms with Crippen LogP contribution in [0.1, 0.15) is 34.1 Å². The average molecular weight is 314 g/mol. The Balaban J connectivity index is 2.20. The van der Waals surface area contributed by atoms with Gasteiger partial charge in [-0.1, -0.05) is 32.1 Å². The van der Waals surface area contributed by atoms with Crippen LogP contribution in [0.4, 0.5) is 0 Å². The Morgan fingerprint density at radius 1 is 1.43 bits per heavy atom.